The molecule has 2 nitrogen and oxygen atoms in total. The summed E-state index contributed by atoms with van der Waals surface area (Å²) in [5, 5.41) is 0. The van der Waals surface area contributed by atoms with E-state index in [-0.39, 0.29) is 6.04 Å². The number of nitrogens with zero attached hydrogens (tertiary/aromatic N) is 1. The summed E-state index contributed by atoms with van der Waals surface area (Å²) in [6.07, 6.45) is 0. The summed E-state index contributed by atoms with van der Waals surface area (Å²) in [5.74, 6) is 1.41. The van der Waals surface area contributed by atoms with Gasteiger partial charge in [-0.2, -0.15) is 0 Å². The van der Waals surface area contributed by atoms with Crippen LogP contribution in [-0.2, 0) is 4.74 Å². The Morgan fingerprint density at radius 3 is 2.54 bits per heavy atom. The molecule has 0 saturated carbocycles. The van der Waals surface area contributed by atoms with Crippen molar-refractivity contribution < 1.29 is 4.74 Å². The maximum atomic E-state index is 5.28. The average Bonchev–Trinajstić information content (AvgIpc) is 2.47. The molecule has 0 saturated heterocycles. The second-order valence-electron chi connectivity index (χ2n) is 3.03. The van der Waals surface area contributed by atoms with E-state index in [9.17, 15) is 0 Å². The minimum atomic E-state index is -0.0128. The number of benzene rings is 1. The van der Waals surface area contributed by atoms with Crippen LogP contribution in [0, 0.1) is 0 Å². The summed E-state index contributed by atoms with van der Waals surface area (Å²) in [5.41, 5.74) is 1.13. The van der Waals surface area contributed by atoms with Gasteiger partial charge in [0, 0.05) is 6.92 Å². The van der Waals surface area contributed by atoms with Crippen LogP contribution in [0.25, 0.3) is 0 Å². The molecule has 0 fully saturated rings. The van der Waals surface area contributed by atoms with E-state index >= 15 is 0 Å². The van der Waals surface area contributed by atoms with Crippen molar-refractivity contribution in [2.45, 2.75) is 13.0 Å². The highest BCUT2D eigenvalue weighted by molar-refractivity contribution is 5.77. The van der Waals surface area contributed by atoms with Gasteiger partial charge in [0.25, 0.3) is 0 Å². The van der Waals surface area contributed by atoms with Crippen molar-refractivity contribution in [3.63, 3.8) is 0 Å². The molecule has 0 bridgehead atoms. The fraction of sp³-hybridized carbons (Fsp3) is 0.182. The zero-order valence-corrected chi connectivity index (χ0v) is 7.53. The van der Waals surface area contributed by atoms with E-state index in [4.69, 9.17) is 4.74 Å². The molecule has 1 aromatic rings. The molecule has 2 heteroatoms. The SMILES string of the molecule is C=C1OC(C)=NC1c1ccccc1. The van der Waals surface area contributed by atoms with Gasteiger partial charge in [0.1, 0.15) is 11.8 Å². The summed E-state index contributed by atoms with van der Waals surface area (Å²) in [6, 6.07) is 10.0. The van der Waals surface area contributed by atoms with Crippen molar-refractivity contribution in [2.24, 2.45) is 4.99 Å². The molecule has 1 aliphatic heterocycles. The molecule has 2 rings (SSSR count). The van der Waals surface area contributed by atoms with Gasteiger partial charge in [-0.15, -0.1) is 0 Å². The lowest BCUT2D eigenvalue weighted by Crippen LogP contribution is -1.93. The van der Waals surface area contributed by atoms with E-state index in [1.54, 1.807) is 0 Å². The quantitative estimate of drug-likeness (QED) is 0.639. The van der Waals surface area contributed by atoms with Crippen molar-refractivity contribution in [1.82, 2.24) is 0 Å². The molecule has 1 aliphatic rings. The summed E-state index contributed by atoms with van der Waals surface area (Å²) >= 11 is 0. The molecular formula is C11H11NO. The van der Waals surface area contributed by atoms with Crippen LogP contribution in [0.1, 0.15) is 18.5 Å². The highest BCUT2D eigenvalue weighted by Crippen LogP contribution is 2.30. The third-order valence-corrected chi connectivity index (χ3v) is 2.01. The molecule has 66 valence electrons. The standard InChI is InChI=1S/C11H11NO/c1-8-11(12-9(2)13-8)10-6-4-3-5-7-10/h3-7,11H,1H2,2H3. The lowest BCUT2D eigenvalue weighted by Gasteiger charge is -2.06. The Kier molecular flexibility index (Phi) is 1.89. The number of ether oxygens (including phenoxy) is 1. The molecule has 1 aromatic carbocycles. The van der Waals surface area contributed by atoms with Crippen molar-refractivity contribution in [1.29, 1.82) is 0 Å². The molecule has 0 radical (unpaired) electrons. The van der Waals surface area contributed by atoms with Gasteiger partial charge in [0.05, 0.1) is 0 Å². The van der Waals surface area contributed by atoms with Crippen LogP contribution >= 0.6 is 0 Å². The molecule has 1 atom stereocenters. The van der Waals surface area contributed by atoms with E-state index in [0.717, 1.165) is 5.56 Å². The van der Waals surface area contributed by atoms with E-state index in [0.29, 0.717) is 11.7 Å². The molecule has 0 N–H and O–H groups in total. The molecule has 13 heavy (non-hydrogen) atoms. The number of hydrogen-bond donors (Lipinski definition) is 0. The Hall–Kier alpha value is -1.57. The Balaban J connectivity index is 2.33. The smallest absolute Gasteiger partial charge is 0.187 e. The molecule has 0 amide bonds. The first kappa shape index (κ1) is 8.05. The van der Waals surface area contributed by atoms with Crippen molar-refractivity contribution >= 4 is 5.90 Å². The maximum absolute atomic E-state index is 5.28. The first-order chi connectivity index (χ1) is 6.27. The van der Waals surface area contributed by atoms with Crippen molar-refractivity contribution in [2.75, 3.05) is 0 Å². The monoisotopic (exact) mass is 173 g/mol. The fourth-order valence-corrected chi connectivity index (χ4v) is 1.42. The Labute approximate surface area is 77.6 Å². The van der Waals surface area contributed by atoms with Crippen molar-refractivity contribution in [3.8, 4) is 0 Å². The average molecular weight is 173 g/mol. The van der Waals surface area contributed by atoms with Gasteiger partial charge >= 0.3 is 0 Å². The van der Waals surface area contributed by atoms with Gasteiger partial charge in [-0.1, -0.05) is 36.9 Å². The van der Waals surface area contributed by atoms with E-state index < -0.39 is 0 Å². The van der Waals surface area contributed by atoms with Gasteiger partial charge in [0.2, 0.25) is 0 Å². The van der Waals surface area contributed by atoms with Gasteiger partial charge in [-0.05, 0) is 5.56 Å². The van der Waals surface area contributed by atoms with Crippen LogP contribution in [0.15, 0.2) is 47.7 Å². The molecule has 0 aliphatic carbocycles. The number of aliphatic imine (C=N–C) groups is 1. The largest absolute Gasteiger partial charge is 0.446 e. The normalized spacial score (nSPS) is 21.2. The Bertz CT molecular complexity index is 354. The minimum Gasteiger partial charge on any atom is -0.446 e. The molecule has 1 heterocycles. The predicted octanol–water partition coefficient (Wildman–Crippen LogP) is 2.69. The maximum Gasteiger partial charge on any atom is 0.187 e. The van der Waals surface area contributed by atoms with Crippen molar-refractivity contribution in [3.05, 3.63) is 48.2 Å². The summed E-state index contributed by atoms with van der Waals surface area (Å²) in [7, 11) is 0. The lowest BCUT2D eigenvalue weighted by atomic mass is 10.1. The molecular weight excluding hydrogens is 162 g/mol. The lowest BCUT2D eigenvalue weighted by molar-refractivity contribution is 0.417. The van der Waals surface area contributed by atoms with Gasteiger partial charge in [-0.25, -0.2) is 4.99 Å². The summed E-state index contributed by atoms with van der Waals surface area (Å²) < 4.78 is 5.28. The molecule has 0 aromatic heterocycles. The number of hydrogen-bond acceptors (Lipinski definition) is 2. The highest BCUT2D eigenvalue weighted by Gasteiger charge is 2.22. The first-order valence-electron chi connectivity index (χ1n) is 4.23. The first-order valence-corrected chi connectivity index (χ1v) is 4.23. The van der Waals surface area contributed by atoms with Gasteiger partial charge < -0.3 is 4.74 Å². The predicted molar refractivity (Wildman–Crippen MR) is 52.5 cm³/mol. The van der Waals surface area contributed by atoms with Crippen LogP contribution in [-0.4, -0.2) is 5.90 Å². The third-order valence-electron chi connectivity index (χ3n) is 2.01. The van der Waals surface area contributed by atoms with E-state index in [1.165, 1.54) is 0 Å². The third kappa shape index (κ3) is 1.47. The molecule has 1 unspecified atom stereocenters. The fourth-order valence-electron chi connectivity index (χ4n) is 1.42. The van der Waals surface area contributed by atoms with Gasteiger partial charge in [0.15, 0.2) is 5.90 Å². The second-order valence-corrected chi connectivity index (χ2v) is 3.03. The summed E-state index contributed by atoms with van der Waals surface area (Å²) in [4.78, 5) is 4.33. The van der Waals surface area contributed by atoms with Crippen LogP contribution in [0.3, 0.4) is 0 Å². The zero-order valence-electron chi connectivity index (χ0n) is 7.53. The topological polar surface area (TPSA) is 21.6 Å². The van der Waals surface area contributed by atoms with Crippen LogP contribution < -0.4 is 0 Å². The second kappa shape index (κ2) is 3.05. The van der Waals surface area contributed by atoms with E-state index in [2.05, 4.69) is 11.6 Å². The van der Waals surface area contributed by atoms with E-state index in [1.807, 2.05) is 37.3 Å². The van der Waals surface area contributed by atoms with Crippen LogP contribution in [0.4, 0.5) is 0 Å². The summed E-state index contributed by atoms with van der Waals surface area (Å²) in [6.45, 7) is 5.67. The molecule has 0 spiro atoms. The zero-order chi connectivity index (χ0) is 9.26. The number of rotatable bonds is 1. The van der Waals surface area contributed by atoms with Gasteiger partial charge in [-0.3, -0.25) is 0 Å². The highest BCUT2D eigenvalue weighted by atomic mass is 16.5. The Morgan fingerprint density at radius 2 is 2.00 bits per heavy atom. The van der Waals surface area contributed by atoms with Crippen LogP contribution in [0.5, 0.6) is 0 Å². The minimum absolute atomic E-state index is 0.0128. The van der Waals surface area contributed by atoms with Crippen LogP contribution in [0.2, 0.25) is 0 Å². The Morgan fingerprint density at radius 1 is 1.31 bits per heavy atom.